The molecule has 2 aromatic heterocycles. The number of nitrogens with two attached hydrogens (primary N) is 2. The summed E-state index contributed by atoms with van der Waals surface area (Å²) in [4.78, 5) is 22.2. The van der Waals surface area contributed by atoms with Crippen LogP contribution >= 0.6 is 0 Å². The van der Waals surface area contributed by atoms with Gasteiger partial charge in [0.15, 0.2) is 5.82 Å². The lowest BCUT2D eigenvalue weighted by Gasteiger charge is -2.20. The number of carbonyl (C=O) groups excluding carboxylic acids is 1. The standard InChI is InChI=1S/C23H24F3N9O/c1-35(7-6-27)12-14-2-4-16(9-17(14)23(24,25)26)30-22(36)32-20-10-19(33-34-20)13-3-5-18-15(8-13)11-29-21(28)31-18/h2-5,8-11H,6-7,12,27H2,1H3,(H2,28,29,31)(H3,30,32,33,34,36). The summed E-state index contributed by atoms with van der Waals surface area (Å²) in [6.07, 6.45) is -2.98. The van der Waals surface area contributed by atoms with Gasteiger partial charge in [0.05, 0.1) is 16.8 Å². The quantitative estimate of drug-likeness (QED) is 0.260. The molecule has 0 radical (unpaired) electrons. The summed E-state index contributed by atoms with van der Waals surface area (Å²) in [5.41, 5.74) is 12.4. The topological polar surface area (TPSA) is 151 Å². The molecule has 2 amide bonds. The van der Waals surface area contributed by atoms with E-state index in [0.717, 1.165) is 17.0 Å². The zero-order valence-corrected chi connectivity index (χ0v) is 19.2. The number of benzene rings is 2. The van der Waals surface area contributed by atoms with Crippen molar-refractivity contribution in [2.45, 2.75) is 12.7 Å². The van der Waals surface area contributed by atoms with E-state index < -0.39 is 17.8 Å². The van der Waals surface area contributed by atoms with Gasteiger partial charge in [-0.15, -0.1) is 0 Å². The summed E-state index contributed by atoms with van der Waals surface area (Å²) in [5.74, 6) is 0.359. The molecule has 10 nitrogen and oxygen atoms in total. The molecule has 0 atom stereocenters. The summed E-state index contributed by atoms with van der Waals surface area (Å²) in [5, 5.41) is 12.6. The lowest BCUT2D eigenvalue weighted by atomic mass is 10.1. The highest BCUT2D eigenvalue weighted by atomic mass is 19.4. The number of H-pyrrole nitrogens is 1. The Morgan fingerprint density at radius 3 is 2.69 bits per heavy atom. The number of fused-ring (bicyclic) bond motifs is 1. The first-order chi connectivity index (χ1) is 17.1. The highest BCUT2D eigenvalue weighted by Gasteiger charge is 2.34. The van der Waals surface area contributed by atoms with Crippen molar-refractivity contribution in [1.29, 1.82) is 0 Å². The number of likely N-dealkylation sites (N-methyl/N-ethyl adjacent to an activating group) is 1. The highest BCUT2D eigenvalue weighted by Crippen LogP contribution is 2.34. The lowest BCUT2D eigenvalue weighted by molar-refractivity contribution is -0.138. The molecule has 4 rings (SSSR count). The average molecular weight is 500 g/mol. The third-order valence-electron chi connectivity index (χ3n) is 5.35. The molecule has 188 valence electrons. The van der Waals surface area contributed by atoms with Crippen LogP contribution < -0.4 is 22.1 Å². The highest BCUT2D eigenvalue weighted by molar-refractivity contribution is 5.99. The van der Waals surface area contributed by atoms with Gasteiger partial charge in [-0.05, 0) is 36.9 Å². The number of nitrogens with one attached hydrogen (secondary N) is 3. The first-order valence-electron chi connectivity index (χ1n) is 10.9. The third-order valence-corrected chi connectivity index (χ3v) is 5.35. The summed E-state index contributed by atoms with van der Waals surface area (Å²) in [6.45, 7) is 0.854. The molecule has 0 aliphatic heterocycles. The van der Waals surface area contributed by atoms with Crippen molar-refractivity contribution in [1.82, 2.24) is 25.1 Å². The maximum Gasteiger partial charge on any atom is 0.416 e. The van der Waals surface area contributed by atoms with E-state index in [0.29, 0.717) is 24.3 Å². The van der Waals surface area contributed by atoms with E-state index in [9.17, 15) is 18.0 Å². The Morgan fingerprint density at radius 2 is 1.94 bits per heavy atom. The van der Waals surface area contributed by atoms with Gasteiger partial charge in [0.2, 0.25) is 5.95 Å². The largest absolute Gasteiger partial charge is 0.416 e. The molecule has 36 heavy (non-hydrogen) atoms. The third kappa shape index (κ3) is 5.87. The minimum atomic E-state index is -4.58. The molecule has 0 fully saturated rings. The molecule has 0 saturated carbocycles. The Kier molecular flexibility index (Phi) is 7.03. The van der Waals surface area contributed by atoms with Crippen LogP contribution in [0.25, 0.3) is 22.2 Å². The molecule has 0 bridgehead atoms. The molecule has 2 heterocycles. The smallest absolute Gasteiger partial charge is 0.368 e. The van der Waals surface area contributed by atoms with E-state index in [4.69, 9.17) is 11.5 Å². The van der Waals surface area contributed by atoms with Crippen molar-refractivity contribution in [3.05, 3.63) is 59.8 Å². The lowest BCUT2D eigenvalue weighted by Crippen LogP contribution is -2.26. The molecular formula is C23H24F3N9O. The second-order valence-corrected chi connectivity index (χ2v) is 8.14. The second kappa shape index (κ2) is 10.2. The summed E-state index contributed by atoms with van der Waals surface area (Å²) < 4.78 is 40.9. The summed E-state index contributed by atoms with van der Waals surface area (Å²) in [7, 11) is 1.69. The van der Waals surface area contributed by atoms with Crippen LogP contribution in [0, 0.1) is 0 Å². The van der Waals surface area contributed by atoms with Gasteiger partial charge in [0.25, 0.3) is 0 Å². The number of nitrogen functional groups attached to an aromatic ring is 1. The normalized spacial score (nSPS) is 11.7. The van der Waals surface area contributed by atoms with Crippen LogP contribution in [0.1, 0.15) is 11.1 Å². The Balaban J connectivity index is 1.46. The number of carbonyl (C=O) groups is 1. The van der Waals surface area contributed by atoms with E-state index in [2.05, 4.69) is 30.8 Å². The summed E-state index contributed by atoms with van der Waals surface area (Å²) in [6, 6.07) is 9.93. The Labute approximate surface area is 203 Å². The Bertz CT molecular complexity index is 1390. The number of halogens is 3. The number of amides is 2. The molecular weight excluding hydrogens is 475 g/mol. The van der Waals surface area contributed by atoms with Crippen molar-refractivity contribution >= 4 is 34.4 Å². The zero-order valence-electron chi connectivity index (χ0n) is 19.2. The maximum atomic E-state index is 13.6. The minimum absolute atomic E-state index is 0.00499. The first-order valence-corrected chi connectivity index (χ1v) is 10.9. The van der Waals surface area contributed by atoms with Gasteiger partial charge in [-0.25, -0.2) is 14.8 Å². The molecule has 2 aromatic carbocycles. The predicted octanol–water partition coefficient (Wildman–Crippen LogP) is 3.66. The van der Waals surface area contributed by atoms with Gasteiger partial charge in [0, 0.05) is 48.5 Å². The number of aromatic nitrogens is 4. The first kappa shape index (κ1) is 24.9. The number of nitrogens with zero attached hydrogens (tertiary/aromatic N) is 4. The van der Waals surface area contributed by atoms with E-state index in [1.54, 1.807) is 36.3 Å². The number of urea groups is 1. The number of hydrogen-bond donors (Lipinski definition) is 5. The zero-order chi connectivity index (χ0) is 25.9. The fraction of sp³-hybridized carbons (Fsp3) is 0.217. The van der Waals surface area contributed by atoms with Gasteiger partial charge in [-0.3, -0.25) is 10.4 Å². The van der Waals surface area contributed by atoms with Crippen LogP contribution in [0.2, 0.25) is 0 Å². The number of aromatic amines is 1. The van der Waals surface area contributed by atoms with Crippen molar-refractivity contribution in [2.75, 3.05) is 36.5 Å². The van der Waals surface area contributed by atoms with Crippen LogP contribution in [0.5, 0.6) is 0 Å². The van der Waals surface area contributed by atoms with Crippen LogP contribution in [-0.2, 0) is 12.7 Å². The minimum Gasteiger partial charge on any atom is -0.368 e. The SMILES string of the molecule is CN(CCN)Cc1ccc(NC(=O)Nc2cc(-c3ccc4nc(N)ncc4c3)[nH]n2)cc1C(F)(F)F. The maximum absolute atomic E-state index is 13.6. The fourth-order valence-electron chi connectivity index (χ4n) is 3.67. The molecule has 0 unspecified atom stereocenters. The van der Waals surface area contributed by atoms with Crippen molar-refractivity contribution < 1.29 is 18.0 Å². The molecule has 0 spiro atoms. The molecule has 4 aromatic rings. The van der Waals surface area contributed by atoms with E-state index >= 15 is 0 Å². The molecule has 0 aliphatic carbocycles. The van der Waals surface area contributed by atoms with Crippen LogP contribution in [-0.4, -0.2) is 51.2 Å². The van der Waals surface area contributed by atoms with Gasteiger partial charge in [0.1, 0.15) is 0 Å². The van der Waals surface area contributed by atoms with E-state index in [1.807, 2.05) is 6.07 Å². The van der Waals surface area contributed by atoms with Crippen molar-refractivity contribution in [3.8, 4) is 11.3 Å². The van der Waals surface area contributed by atoms with Crippen molar-refractivity contribution in [2.24, 2.45) is 5.73 Å². The average Bonchev–Trinajstić information content (AvgIpc) is 3.27. The van der Waals surface area contributed by atoms with Crippen molar-refractivity contribution in [3.63, 3.8) is 0 Å². The van der Waals surface area contributed by atoms with Gasteiger partial charge < -0.3 is 21.7 Å². The molecule has 0 aliphatic rings. The Morgan fingerprint density at radius 1 is 1.14 bits per heavy atom. The molecule has 7 N–H and O–H groups in total. The van der Waals surface area contributed by atoms with Gasteiger partial charge >= 0.3 is 12.2 Å². The summed E-state index contributed by atoms with van der Waals surface area (Å²) >= 11 is 0. The van der Waals surface area contributed by atoms with Crippen LogP contribution in [0.4, 0.5) is 35.4 Å². The number of anilines is 3. The van der Waals surface area contributed by atoms with Crippen LogP contribution in [0.3, 0.4) is 0 Å². The van der Waals surface area contributed by atoms with Crippen LogP contribution in [0.15, 0.2) is 48.7 Å². The van der Waals surface area contributed by atoms with E-state index in [-0.39, 0.29) is 29.6 Å². The number of hydrogen-bond acceptors (Lipinski definition) is 7. The van der Waals surface area contributed by atoms with E-state index in [1.165, 1.54) is 12.1 Å². The fourth-order valence-corrected chi connectivity index (χ4v) is 3.67. The second-order valence-electron chi connectivity index (χ2n) is 8.14. The molecule has 13 heteroatoms. The predicted molar refractivity (Wildman–Crippen MR) is 131 cm³/mol. The Hall–Kier alpha value is -4.23. The number of rotatable bonds is 7. The monoisotopic (exact) mass is 499 g/mol. The molecule has 0 saturated heterocycles. The number of alkyl halides is 3. The van der Waals surface area contributed by atoms with Gasteiger partial charge in [-0.2, -0.15) is 18.3 Å². The van der Waals surface area contributed by atoms with Gasteiger partial charge in [-0.1, -0.05) is 12.1 Å².